The van der Waals surface area contributed by atoms with Gasteiger partial charge in [0, 0.05) is 12.1 Å². The van der Waals surface area contributed by atoms with Crippen molar-refractivity contribution in [2.24, 2.45) is 0 Å². The van der Waals surface area contributed by atoms with E-state index < -0.39 is 0 Å². The highest BCUT2D eigenvalue weighted by Gasteiger charge is 2.14. The van der Waals surface area contributed by atoms with E-state index in [1.54, 1.807) is 10.6 Å². The average Bonchev–Trinajstić information content (AvgIpc) is 2.48. The van der Waals surface area contributed by atoms with E-state index in [2.05, 4.69) is 25.1 Å². The zero-order valence-electron chi connectivity index (χ0n) is 13.8. The van der Waals surface area contributed by atoms with Crippen molar-refractivity contribution in [2.45, 2.75) is 47.1 Å². The molecule has 3 heteroatoms. The molecule has 0 saturated carbocycles. The summed E-state index contributed by atoms with van der Waals surface area (Å²) >= 11 is 0. The lowest BCUT2D eigenvalue weighted by atomic mass is 10.0. The van der Waals surface area contributed by atoms with Gasteiger partial charge in [0.2, 0.25) is 0 Å². The van der Waals surface area contributed by atoms with Gasteiger partial charge < -0.3 is 4.57 Å². The van der Waals surface area contributed by atoms with Crippen molar-refractivity contribution >= 4 is 5.78 Å². The van der Waals surface area contributed by atoms with Gasteiger partial charge in [-0.25, -0.2) is 0 Å². The number of hydrogen-bond acceptors (Lipinski definition) is 2. The maximum Gasteiger partial charge on any atom is 0.261 e. The summed E-state index contributed by atoms with van der Waals surface area (Å²) < 4.78 is 1.75. The number of aryl methyl sites for hydroxylation is 2. The van der Waals surface area contributed by atoms with Gasteiger partial charge in [0.05, 0.1) is 11.3 Å². The topological polar surface area (TPSA) is 39.1 Å². The van der Waals surface area contributed by atoms with E-state index in [9.17, 15) is 9.59 Å². The number of nitrogens with zero attached hydrogens (tertiary/aromatic N) is 1. The van der Waals surface area contributed by atoms with Crippen LogP contribution in [0.2, 0.25) is 0 Å². The lowest BCUT2D eigenvalue weighted by molar-refractivity contribution is 0.101. The molecule has 22 heavy (non-hydrogen) atoms. The SMILES string of the molecule is CCCCn1c(-c2cc(C)ccc2C)ccc(C(C)=O)c1=O. The van der Waals surface area contributed by atoms with Crippen molar-refractivity contribution in [3.8, 4) is 11.3 Å². The Hall–Kier alpha value is -2.16. The summed E-state index contributed by atoms with van der Waals surface area (Å²) in [6.07, 6.45) is 1.92. The monoisotopic (exact) mass is 297 g/mol. The minimum atomic E-state index is -0.181. The van der Waals surface area contributed by atoms with Crippen molar-refractivity contribution in [1.82, 2.24) is 4.57 Å². The van der Waals surface area contributed by atoms with Crippen LogP contribution in [0.3, 0.4) is 0 Å². The summed E-state index contributed by atoms with van der Waals surface area (Å²) in [4.78, 5) is 24.3. The van der Waals surface area contributed by atoms with Crippen LogP contribution >= 0.6 is 0 Å². The molecule has 0 saturated heterocycles. The lowest BCUT2D eigenvalue weighted by Gasteiger charge is -2.16. The minimum absolute atomic E-state index is 0.178. The molecule has 0 aliphatic carbocycles. The highest BCUT2D eigenvalue weighted by Crippen LogP contribution is 2.24. The Morgan fingerprint density at radius 1 is 1.14 bits per heavy atom. The molecule has 2 aromatic rings. The number of benzene rings is 1. The third-order valence-corrected chi connectivity index (χ3v) is 3.96. The molecule has 0 amide bonds. The molecule has 0 fully saturated rings. The Labute approximate surface area is 131 Å². The standard InChI is InChI=1S/C19H23NO2/c1-5-6-11-20-18(10-9-16(15(4)21)19(20)22)17-12-13(2)7-8-14(17)3/h7-10,12H,5-6,11H2,1-4H3. The van der Waals surface area contributed by atoms with E-state index in [0.717, 1.165) is 35.2 Å². The fraction of sp³-hybridized carbons (Fsp3) is 0.368. The quantitative estimate of drug-likeness (QED) is 0.778. The van der Waals surface area contributed by atoms with Crippen LogP contribution in [0, 0.1) is 13.8 Å². The lowest BCUT2D eigenvalue weighted by Crippen LogP contribution is -2.27. The van der Waals surface area contributed by atoms with Crippen molar-refractivity contribution < 1.29 is 4.79 Å². The second-order valence-electron chi connectivity index (χ2n) is 5.82. The average molecular weight is 297 g/mol. The first-order valence-corrected chi connectivity index (χ1v) is 7.78. The number of carbonyl (C=O) groups excluding carboxylic acids is 1. The number of rotatable bonds is 5. The van der Waals surface area contributed by atoms with E-state index in [0.29, 0.717) is 6.54 Å². The van der Waals surface area contributed by atoms with E-state index in [1.165, 1.54) is 6.92 Å². The number of aromatic nitrogens is 1. The minimum Gasteiger partial charge on any atom is -0.308 e. The molecule has 1 aromatic heterocycles. The zero-order chi connectivity index (χ0) is 16.3. The second kappa shape index (κ2) is 6.73. The van der Waals surface area contributed by atoms with Crippen LogP contribution in [0.1, 0.15) is 48.2 Å². The largest absolute Gasteiger partial charge is 0.308 e. The van der Waals surface area contributed by atoms with Crippen LogP contribution in [0.5, 0.6) is 0 Å². The normalized spacial score (nSPS) is 10.7. The third-order valence-electron chi connectivity index (χ3n) is 3.96. The summed E-state index contributed by atoms with van der Waals surface area (Å²) in [5, 5.41) is 0. The molecule has 0 atom stereocenters. The van der Waals surface area contributed by atoms with Gasteiger partial charge in [-0.3, -0.25) is 9.59 Å². The van der Waals surface area contributed by atoms with Crippen molar-refractivity contribution in [1.29, 1.82) is 0 Å². The molecule has 0 unspecified atom stereocenters. The summed E-state index contributed by atoms with van der Waals surface area (Å²) in [5.41, 5.74) is 4.33. The first kappa shape index (κ1) is 16.2. The van der Waals surface area contributed by atoms with Crippen LogP contribution in [0.4, 0.5) is 0 Å². The molecule has 0 bridgehead atoms. The van der Waals surface area contributed by atoms with E-state index in [1.807, 2.05) is 19.9 Å². The molecule has 116 valence electrons. The van der Waals surface area contributed by atoms with Gasteiger partial charge in [-0.05, 0) is 51.0 Å². The number of unbranched alkanes of at least 4 members (excludes halogenated alkanes) is 1. The molecule has 0 aliphatic rings. The number of Topliss-reactive ketones (excluding diaryl/α,β-unsaturated/α-hetero) is 1. The van der Waals surface area contributed by atoms with Crippen LogP contribution in [0.15, 0.2) is 35.1 Å². The van der Waals surface area contributed by atoms with Gasteiger partial charge in [-0.15, -0.1) is 0 Å². The zero-order valence-corrected chi connectivity index (χ0v) is 13.8. The molecule has 0 N–H and O–H groups in total. The Morgan fingerprint density at radius 2 is 1.86 bits per heavy atom. The summed E-state index contributed by atoms with van der Waals surface area (Å²) in [6.45, 7) is 8.26. The first-order chi connectivity index (χ1) is 10.5. The van der Waals surface area contributed by atoms with Crippen molar-refractivity contribution in [2.75, 3.05) is 0 Å². The molecular weight excluding hydrogens is 274 g/mol. The number of ketones is 1. The highest BCUT2D eigenvalue weighted by molar-refractivity contribution is 5.94. The smallest absolute Gasteiger partial charge is 0.261 e. The number of pyridine rings is 1. The Kier molecular flexibility index (Phi) is 4.96. The Balaban J connectivity index is 2.69. The van der Waals surface area contributed by atoms with Gasteiger partial charge in [0.1, 0.15) is 0 Å². The highest BCUT2D eigenvalue weighted by atomic mass is 16.1. The molecule has 1 aromatic carbocycles. The molecule has 0 aliphatic heterocycles. The maximum atomic E-state index is 12.6. The molecular formula is C19H23NO2. The fourth-order valence-corrected chi connectivity index (χ4v) is 2.63. The van der Waals surface area contributed by atoms with Crippen LogP contribution in [-0.2, 0) is 6.54 Å². The first-order valence-electron chi connectivity index (χ1n) is 7.78. The predicted molar refractivity (Wildman–Crippen MR) is 90.5 cm³/mol. The van der Waals surface area contributed by atoms with Crippen molar-refractivity contribution in [3.63, 3.8) is 0 Å². The van der Waals surface area contributed by atoms with Crippen LogP contribution in [-0.4, -0.2) is 10.4 Å². The van der Waals surface area contributed by atoms with Gasteiger partial charge in [0.15, 0.2) is 5.78 Å². The molecule has 0 spiro atoms. The van der Waals surface area contributed by atoms with E-state index in [4.69, 9.17) is 0 Å². The Morgan fingerprint density at radius 3 is 2.50 bits per heavy atom. The second-order valence-corrected chi connectivity index (χ2v) is 5.82. The van der Waals surface area contributed by atoms with Gasteiger partial charge in [-0.1, -0.05) is 31.0 Å². The molecule has 2 rings (SSSR count). The summed E-state index contributed by atoms with van der Waals surface area (Å²) in [6, 6.07) is 9.79. The molecule has 1 heterocycles. The maximum absolute atomic E-state index is 12.6. The van der Waals surface area contributed by atoms with Crippen LogP contribution < -0.4 is 5.56 Å². The Bertz CT molecular complexity index is 757. The van der Waals surface area contributed by atoms with Gasteiger partial charge >= 0.3 is 0 Å². The van der Waals surface area contributed by atoms with E-state index >= 15 is 0 Å². The number of hydrogen-bond donors (Lipinski definition) is 0. The summed E-state index contributed by atoms with van der Waals surface area (Å²) in [5.74, 6) is -0.178. The van der Waals surface area contributed by atoms with Gasteiger partial charge in [-0.2, -0.15) is 0 Å². The third kappa shape index (κ3) is 3.19. The number of carbonyl (C=O) groups is 1. The molecule has 0 radical (unpaired) electrons. The van der Waals surface area contributed by atoms with Gasteiger partial charge in [0.25, 0.3) is 5.56 Å². The predicted octanol–water partition coefficient (Wildman–Crippen LogP) is 4.13. The van der Waals surface area contributed by atoms with Crippen LogP contribution in [0.25, 0.3) is 11.3 Å². The fourth-order valence-electron chi connectivity index (χ4n) is 2.63. The molecule has 3 nitrogen and oxygen atoms in total. The van der Waals surface area contributed by atoms with E-state index in [-0.39, 0.29) is 16.9 Å². The summed E-state index contributed by atoms with van der Waals surface area (Å²) in [7, 11) is 0. The van der Waals surface area contributed by atoms with Crippen molar-refractivity contribution in [3.05, 3.63) is 57.4 Å².